The minimum Gasteiger partial charge on any atom is -0.408 e. The molecule has 1 rings (SSSR count). The molecule has 1 aromatic rings. The normalized spacial score (nSPS) is 12.2. The minimum absolute atomic E-state index is 0.127. The second-order valence-electron chi connectivity index (χ2n) is 3.75. The molecule has 0 fully saturated rings. The Morgan fingerprint density at radius 2 is 2.00 bits per heavy atom. The summed E-state index contributed by atoms with van der Waals surface area (Å²) in [5, 5.41) is 7.22. The fourth-order valence-corrected chi connectivity index (χ4v) is 1.37. The second-order valence-corrected chi connectivity index (χ2v) is 4.13. The quantitative estimate of drug-likeness (QED) is 0.772. The van der Waals surface area contributed by atoms with E-state index in [4.69, 9.17) is 16.0 Å². The molecule has 0 amide bonds. The van der Waals surface area contributed by atoms with Crippen LogP contribution in [0.5, 0.6) is 0 Å². The molecule has 0 saturated heterocycles. The van der Waals surface area contributed by atoms with Crippen LogP contribution in [0.25, 0.3) is 0 Å². The summed E-state index contributed by atoms with van der Waals surface area (Å²) in [6.45, 7) is 2.13. The van der Waals surface area contributed by atoms with Crippen LogP contribution < -0.4 is 4.90 Å². The number of alkyl halides is 4. The van der Waals surface area contributed by atoms with E-state index >= 15 is 0 Å². The van der Waals surface area contributed by atoms with E-state index in [1.807, 2.05) is 0 Å². The summed E-state index contributed by atoms with van der Waals surface area (Å²) in [5.74, 6) is 0.519. The number of nitrogens with zero attached hydrogens (tertiary/aromatic N) is 3. The van der Waals surface area contributed by atoms with Gasteiger partial charge in [0.05, 0.1) is 0 Å². The van der Waals surface area contributed by atoms with Gasteiger partial charge in [-0.2, -0.15) is 13.2 Å². The van der Waals surface area contributed by atoms with Crippen LogP contribution in [-0.2, 0) is 6.42 Å². The van der Waals surface area contributed by atoms with Crippen LogP contribution >= 0.6 is 11.6 Å². The molecule has 17 heavy (non-hydrogen) atoms. The lowest BCUT2D eigenvalue weighted by Crippen LogP contribution is -2.39. The van der Waals surface area contributed by atoms with E-state index in [1.54, 1.807) is 13.8 Å². The van der Waals surface area contributed by atoms with Crippen LogP contribution in [0.2, 0.25) is 0 Å². The van der Waals surface area contributed by atoms with Gasteiger partial charge in [-0.15, -0.1) is 16.7 Å². The van der Waals surface area contributed by atoms with Gasteiger partial charge >= 0.3 is 12.2 Å². The van der Waals surface area contributed by atoms with Crippen molar-refractivity contribution >= 4 is 17.6 Å². The maximum Gasteiger partial charge on any atom is 0.406 e. The summed E-state index contributed by atoms with van der Waals surface area (Å²) in [7, 11) is 0. The van der Waals surface area contributed by atoms with Gasteiger partial charge in [0.2, 0.25) is 5.89 Å². The number of aromatic nitrogens is 2. The van der Waals surface area contributed by atoms with E-state index in [0.29, 0.717) is 6.42 Å². The highest BCUT2D eigenvalue weighted by molar-refractivity contribution is 6.17. The third-order valence-electron chi connectivity index (χ3n) is 1.98. The summed E-state index contributed by atoms with van der Waals surface area (Å²) in [6.07, 6.45) is -3.97. The van der Waals surface area contributed by atoms with Gasteiger partial charge in [-0.1, -0.05) is 5.10 Å². The third-order valence-corrected chi connectivity index (χ3v) is 2.17. The van der Waals surface area contributed by atoms with Gasteiger partial charge in [-0.25, -0.2) is 0 Å². The lowest BCUT2D eigenvalue weighted by Gasteiger charge is -2.25. The SMILES string of the molecule is CC(C)N(CC(F)(F)F)c1nnc(CCCl)o1. The third kappa shape index (κ3) is 4.41. The molecule has 1 heterocycles. The van der Waals surface area contributed by atoms with Crippen molar-refractivity contribution < 1.29 is 17.6 Å². The molecule has 8 heteroatoms. The smallest absolute Gasteiger partial charge is 0.406 e. The molecular formula is C9H13ClF3N3O. The first-order valence-electron chi connectivity index (χ1n) is 5.05. The van der Waals surface area contributed by atoms with Crippen molar-refractivity contribution in [3.05, 3.63) is 5.89 Å². The van der Waals surface area contributed by atoms with Crippen LogP contribution in [0.4, 0.5) is 19.2 Å². The van der Waals surface area contributed by atoms with Gasteiger partial charge in [-0.05, 0) is 13.8 Å². The van der Waals surface area contributed by atoms with Crippen molar-refractivity contribution in [2.24, 2.45) is 0 Å². The number of halogens is 4. The van der Waals surface area contributed by atoms with E-state index in [-0.39, 0.29) is 23.8 Å². The Morgan fingerprint density at radius 3 is 2.47 bits per heavy atom. The minimum atomic E-state index is -4.31. The van der Waals surface area contributed by atoms with Gasteiger partial charge in [0.1, 0.15) is 6.54 Å². The van der Waals surface area contributed by atoms with E-state index < -0.39 is 12.7 Å². The Hall–Kier alpha value is -0.980. The molecule has 4 nitrogen and oxygen atoms in total. The number of hydrogen-bond acceptors (Lipinski definition) is 4. The van der Waals surface area contributed by atoms with Crippen molar-refractivity contribution in [2.45, 2.75) is 32.5 Å². The lowest BCUT2D eigenvalue weighted by atomic mass is 10.3. The molecule has 0 atom stereocenters. The standard InChI is InChI=1S/C9H13ClF3N3O/c1-6(2)16(5-9(11,12)13)8-15-14-7(17-8)3-4-10/h6H,3-5H2,1-2H3. The fourth-order valence-electron chi connectivity index (χ4n) is 1.21. The molecule has 0 aliphatic heterocycles. The molecule has 0 aliphatic carbocycles. The Labute approximate surface area is 102 Å². The molecule has 0 bridgehead atoms. The first kappa shape index (κ1) is 14.1. The summed E-state index contributed by atoms with van der Waals surface area (Å²) in [4.78, 5) is 1.00. The molecule has 0 aliphatic rings. The molecule has 98 valence electrons. The van der Waals surface area contributed by atoms with Gasteiger partial charge < -0.3 is 9.32 Å². The summed E-state index contributed by atoms with van der Waals surface area (Å²) < 4.78 is 42.2. The van der Waals surface area contributed by atoms with Crippen LogP contribution in [0.1, 0.15) is 19.7 Å². The Morgan fingerprint density at radius 1 is 1.35 bits per heavy atom. The summed E-state index contributed by atoms with van der Waals surface area (Å²) >= 11 is 5.47. The average Bonchev–Trinajstić information content (AvgIpc) is 2.61. The number of anilines is 1. The van der Waals surface area contributed by atoms with E-state index in [9.17, 15) is 13.2 Å². The maximum absolute atomic E-state index is 12.4. The van der Waals surface area contributed by atoms with E-state index in [2.05, 4.69) is 10.2 Å². The number of hydrogen-bond donors (Lipinski definition) is 0. The molecule has 0 aromatic carbocycles. The van der Waals surface area contributed by atoms with Crippen LogP contribution in [0, 0.1) is 0 Å². The van der Waals surface area contributed by atoms with Gasteiger partial charge in [0.25, 0.3) is 0 Å². The lowest BCUT2D eigenvalue weighted by molar-refractivity contribution is -0.121. The highest BCUT2D eigenvalue weighted by Crippen LogP contribution is 2.23. The van der Waals surface area contributed by atoms with E-state index in [0.717, 1.165) is 4.90 Å². The van der Waals surface area contributed by atoms with Crippen LogP contribution in [0.3, 0.4) is 0 Å². The second kappa shape index (κ2) is 5.57. The first-order valence-corrected chi connectivity index (χ1v) is 5.58. The Bertz CT molecular complexity index is 354. The zero-order valence-electron chi connectivity index (χ0n) is 9.46. The van der Waals surface area contributed by atoms with E-state index in [1.165, 1.54) is 0 Å². The van der Waals surface area contributed by atoms with Crippen molar-refractivity contribution in [3.63, 3.8) is 0 Å². The maximum atomic E-state index is 12.4. The topological polar surface area (TPSA) is 42.2 Å². The fraction of sp³-hybridized carbons (Fsp3) is 0.778. The highest BCUT2D eigenvalue weighted by atomic mass is 35.5. The molecule has 0 radical (unpaired) electrons. The molecule has 1 aromatic heterocycles. The predicted molar refractivity (Wildman–Crippen MR) is 57.3 cm³/mol. The molecule has 0 N–H and O–H groups in total. The summed E-state index contributed by atoms with van der Waals surface area (Å²) in [6, 6.07) is -0.515. The van der Waals surface area contributed by atoms with Crippen molar-refractivity contribution in [1.29, 1.82) is 0 Å². The zero-order valence-corrected chi connectivity index (χ0v) is 10.2. The monoisotopic (exact) mass is 271 g/mol. The van der Waals surface area contributed by atoms with Crippen LogP contribution in [-0.4, -0.2) is 34.8 Å². The average molecular weight is 272 g/mol. The molecular weight excluding hydrogens is 259 g/mol. The zero-order chi connectivity index (χ0) is 13.1. The predicted octanol–water partition coefficient (Wildman–Crippen LogP) is 2.63. The molecule has 0 unspecified atom stereocenters. The molecule has 0 spiro atoms. The Balaban J connectivity index is 2.82. The van der Waals surface area contributed by atoms with Gasteiger partial charge in [0, 0.05) is 18.3 Å². The van der Waals surface area contributed by atoms with Gasteiger partial charge in [-0.3, -0.25) is 0 Å². The first-order chi connectivity index (χ1) is 7.83. The van der Waals surface area contributed by atoms with Crippen molar-refractivity contribution in [2.75, 3.05) is 17.3 Å². The number of rotatable bonds is 5. The Kier molecular flexibility index (Phi) is 4.62. The van der Waals surface area contributed by atoms with Crippen molar-refractivity contribution in [1.82, 2.24) is 10.2 Å². The van der Waals surface area contributed by atoms with Crippen molar-refractivity contribution in [3.8, 4) is 0 Å². The van der Waals surface area contributed by atoms with Crippen LogP contribution in [0.15, 0.2) is 4.42 Å². The van der Waals surface area contributed by atoms with Gasteiger partial charge in [0.15, 0.2) is 0 Å². The summed E-state index contributed by atoms with van der Waals surface area (Å²) in [5.41, 5.74) is 0. The highest BCUT2D eigenvalue weighted by Gasteiger charge is 2.34. The number of aryl methyl sites for hydroxylation is 1. The largest absolute Gasteiger partial charge is 0.408 e. The molecule has 0 saturated carbocycles.